The number of rotatable bonds is 3. The van der Waals surface area contributed by atoms with E-state index in [1.165, 1.54) is 71.9 Å². The second-order valence-electron chi connectivity index (χ2n) is 9.48. The third kappa shape index (κ3) is 3.30. The number of benzene rings is 3. The lowest BCUT2D eigenvalue weighted by atomic mass is 9.90. The zero-order valence-electron chi connectivity index (χ0n) is 18.4. The maximum atomic E-state index is 2.68. The van der Waals surface area contributed by atoms with Crippen LogP contribution in [0.25, 0.3) is 22.0 Å². The van der Waals surface area contributed by atoms with E-state index in [0.717, 1.165) is 6.54 Å². The fourth-order valence-corrected chi connectivity index (χ4v) is 6.03. The Balaban J connectivity index is 1.33. The minimum Gasteiger partial charge on any atom is -0.339 e. The van der Waals surface area contributed by atoms with E-state index in [0.29, 0.717) is 6.04 Å². The van der Waals surface area contributed by atoms with E-state index in [2.05, 4.69) is 84.3 Å². The number of fused-ring (bicyclic) bond motifs is 3. The SMILES string of the molecule is Cc1ccc2c(c1)c1c3n2CCC[NH+](Cc2ccc(-c4ccccc4)cc2)[C@@H]3CCC1. The summed E-state index contributed by atoms with van der Waals surface area (Å²) in [4.78, 5) is 1.76. The van der Waals surface area contributed by atoms with Gasteiger partial charge in [0.25, 0.3) is 0 Å². The van der Waals surface area contributed by atoms with Crippen molar-refractivity contribution in [1.29, 1.82) is 0 Å². The molecule has 2 atom stereocenters. The number of quaternary nitrogens is 1. The average Bonchev–Trinajstić information content (AvgIpc) is 3.00. The number of aromatic nitrogens is 1. The second-order valence-corrected chi connectivity index (χ2v) is 9.48. The molecular weight excluding hydrogens is 376 g/mol. The molecule has 0 amide bonds. The second kappa shape index (κ2) is 7.69. The van der Waals surface area contributed by atoms with Crippen LogP contribution >= 0.6 is 0 Å². The van der Waals surface area contributed by atoms with Crippen molar-refractivity contribution in [3.63, 3.8) is 0 Å². The molecule has 1 aliphatic heterocycles. The summed E-state index contributed by atoms with van der Waals surface area (Å²) in [6, 6.07) is 27.7. The third-order valence-electron chi connectivity index (χ3n) is 7.48. The molecule has 31 heavy (non-hydrogen) atoms. The van der Waals surface area contributed by atoms with Crippen LogP contribution in [-0.2, 0) is 19.5 Å². The molecule has 2 aliphatic rings. The Labute approximate surface area is 185 Å². The smallest absolute Gasteiger partial charge is 0.129 e. The van der Waals surface area contributed by atoms with Crippen LogP contribution in [-0.4, -0.2) is 11.1 Å². The standard InChI is InChI=1S/C29H30N2/c1-21-11-16-27-26(19-21)25-9-5-10-28-29(25)31(27)18-6-17-30(28)20-22-12-14-24(15-13-22)23-7-3-2-4-8-23/h2-4,7-8,11-16,19,28H,5-6,9-10,17-18,20H2,1H3/p+1/t28-/m1/s1. The van der Waals surface area contributed by atoms with Gasteiger partial charge in [0.15, 0.2) is 0 Å². The Morgan fingerprint density at radius 2 is 1.71 bits per heavy atom. The van der Waals surface area contributed by atoms with Crippen LogP contribution in [0, 0.1) is 6.92 Å². The van der Waals surface area contributed by atoms with Crippen LogP contribution in [0.5, 0.6) is 0 Å². The van der Waals surface area contributed by atoms with Gasteiger partial charge in [0, 0.05) is 35.9 Å². The first-order valence-corrected chi connectivity index (χ1v) is 11.9. The molecule has 2 nitrogen and oxygen atoms in total. The van der Waals surface area contributed by atoms with Gasteiger partial charge >= 0.3 is 0 Å². The molecule has 1 unspecified atom stereocenters. The average molecular weight is 408 g/mol. The van der Waals surface area contributed by atoms with Crippen LogP contribution in [0.1, 0.15) is 47.7 Å². The largest absolute Gasteiger partial charge is 0.339 e. The van der Waals surface area contributed by atoms with Gasteiger partial charge in [-0.3, -0.25) is 0 Å². The summed E-state index contributed by atoms with van der Waals surface area (Å²) < 4.78 is 2.68. The van der Waals surface area contributed by atoms with Gasteiger partial charge in [-0.2, -0.15) is 0 Å². The molecule has 156 valence electrons. The monoisotopic (exact) mass is 407 g/mol. The molecule has 3 aromatic carbocycles. The van der Waals surface area contributed by atoms with Gasteiger partial charge in [-0.05, 0) is 48.6 Å². The van der Waals surface area contributed by atoms with Crippen molar-refractivity contribution < 1.29 is 4.90 Å². The first-order chi connectivity index (χ1) is 15.3. The van der Waals surface area contributed by atoms with E-state index in [-0.39, 0.29) is 0 Å². The maximum Gasteiger partial charge on any atom is 0.129 e. The number of nitrogens with zero attached hydrogens (tertiary/aromatic N) is 1. The summed E-state index contributed by atoms with van der Waals surface area (Å²) in [6.07, 6.45) is 5.15. The van der Waals surface area contributed by atoms with Gasteiger partial charge in [0.05, 0.1) is 12.2 Å². The minimum absolute atomic E-state index is 0.632. The Hall–Kier alpha value is -2.84. The van der Waals surface area contributed by atoms with Crippen LogP contribution in [0.3, 0.4) is 0 Å². The summed E-state index contributed by atoms with van der Waals surface area (Å²) in [6.45, 7) is 5.78. The quantitative estimate of drug-likeness (QED) is 0.460. The number of aryl methyl sites for hydroxylation is 3. The van der Waals surface area contributed by atoms with Crippen molar-refractivity contribution in [3.8, 4) is 11.1 Å². The van der Waals surface area contributed by atoms with E-state index in [4.69, 9.17) is 0 Å². The highest BCUT2D eigenvalue weighted by Gasteiger charge is 2.36. The predicted octanol–water partition coefficient (Wildman–Crippen LogP) is 5.48. The highest BCUT2D eigenvalue weighted by atomic mass is 15.2. The van der Waals surface area contributed by atoms with Crippen LogP contribution in [0.15, 0.2) is 72.8 Å². The number of nitrogens with one attached hydrogen (secondary N) is 1. The first-order valence-electron chi connectivity index (χ1n) is 11.9. The van der Waals surface area contributed by atoms with Crippen molar-refractivity contribution in [1.82, 2.24) is 4.57 Å². The van der Waals surface area contributed by atoms with Gasteiger partial charge in [-0.25, -0.2) is 0 Å². The highest BCUT2D eigenvalue weighted by Crippen LogP contribution is 2.37. The van der Waals surface area contributed by atoms with Crippen molar-refractivity contribution in [2.75, 3.05) is 6.54 Å². The lowest BCUT2D eigenvalue weighted by Gasteiger charge is -2.31. The Morgan fingerprint density at radius 3 is 2.55 bits per heavy atom. The minimum atomic E-state index is 0.632. The zero-order chi connectivity index (χ0) is 20.8. The van der Waals surface area contributed by atoms with Crippen LogP contribution in [0.2, 0.25) is 0 Å². The number of hydrogen-bond acceptors (Lipinski definition) is 0. The first kappa shape index (κ1) is 18.9. The summed E-state index contributed by atoms with van der Waals surface area (Å²) >= 11 is 0. The molecule has 1 aliphatic carbocycles. The molecule has 0 spiro atoms. The number of hydrogen-bond donors (Lipinski definition) is 1. The van der Waals surface area contributed by atoms with Gasteiger partial charge in [-0.1, -0.05) is 66.2 Å². The molecular formula is C29H31N2+. The molecule has 4 aromatic rings. The Bertz CT molecular complexity index is 1210. The van der Waals surface area contributed by atoms with E-state index in [1.54, 1.807) is 16.2 Å². The third-order valence-corrected chi connectivity index (χ3v) is 7.48. The van der Waals surface area contributed by atoms with Crippen molar-refractivity contribution in [3.05, 3.63) is 95.2 Å². The summed E-state index contributed by atoms with van der Waals surface area (Å²) in [5.74, 6) is 0. The fraction of sp³-hybridized carbons (Fsp3) is 0.310. The van der Waals surface area contributed by atoms with Crippen molar-refractivity contribution in [2.24, 2.45) is 0 Å². The van der Waals surface area contributed by atoms with E-state index in [9.17, 15) is 0 Å². The Kier molecular flexibility index (Phi) is 4.69. The van der Waals surface area contributed by atoms with Crippen LogP contribution in [0.4, 0.5) is 0 Å². The molecule has 0 saturated heterocycles. The molecule has 0 fully saturated rings. The predicted molar refractivity (Wildman–Crippen MR) is 128 cm³/mol. The van der Waals surface area contributed by atoms with Gasteiger partial charge in [0.2, 0.25) is 0 Å². The molecule has 1 aromatic heterocycles. The molecule has 2 heteroatoms. The summed E-state index contributed by atoms with van der Waals surface area (Å²) in [5.41, 5.74) is 10.2. The summed E-state index contributed by atoms with van der Waals surface area (Å²) in [7, 11) is 0. The zero-order valence-corrected chi connectivity index (χ0v) is 18.4. The van der Waals surface area contributed by atoms with Crippen molar-refractivity contribution >= 4 is 10.9 Å². The van der Waals surface area contributed by atoms with Gasteiger partial charge < -0.3 is 9.47 Å². The molecule has 6 rings (SSSR count). The Morgan fingerprint density at radius 1 is 0.903 bits per heavy atom. The van der Waals surface area contributed by atoms with E-state index >= 15 is 0 Å². The fourth-order valence-electron chi connectivity index (χ4n) is 6.03. The van der Waals surface area contributed by atoms with Crippen LogP contribution < -0.4 is 4.90 Å². The van der Waals surface area contributed by atoms with Gasteiger partial charge in [0.1, 0.15) is 12.6 Å². The molecule has 0 saturated carbocycles. The normalized spacial score (nSPS) is 20.4. The molecule has 0 bridgehead atoms. The molecule has 2 heterocycles. The molecule has 0 radical (unpaired) electrons. The molecule has 1 N–H and O–H groups in total. The highest BCUT2D eigenvalue weighted by molar-refractivity contribution is 5.86. The van der Waals surface area contributed by atoms with E-state index in [1.807, 2.05) is 0 Å². The van der Waals surface area contributed by atoms with Gasteiger partial charge in [-0.15, -0.1) is 0 Å². The topological polar surface area (TPSA) is 9.37 Å². The van der Waals surface area contributed by atoms with Crippen molar-refractivity contribution in [2.45, 2.75) is 51.7 Å². The maximum absolute atomic E-state index is 2.68. The van der Waals surface area contributed by atoms with E-state index < -0.39 is 0 Å². The lowest BCUT2D eigenvalue weighted by Crippen LogP contribution is -3.11. The summed E-state index contributed by atoms with van der Waals surface area (Å²) in [5, 5.41) is 1.52. The lowest BCUT2D eigenvalue weighted by molar-refractivity contribution is -0.945.